The molecule has 1 aromatic heterocycles. The maximum atomic E-state index is 12.2. The van der Waals surface area contributed by atoms with Crippen molar-refractivity contribution < 1.29 is 9.53 Å². The van der Waals surface area contributed by atoms with E-state index in [-0.39, 0.29) is 5.91 Å². The minimum atomic E-state index is -0.186. The number of thiazole rings is 1. The van der Waals surface area contributed by atoms with Crippen LogP contribution in [0.25, 0.3) is 0 Å². The Kier molecular flexibility index (Phi) is 6.22. The highest BCUT2D eigenvalue weighted by Crippen LogP contribution is 2.21. The van der Waals surface area contributed by atoms with Crippen molar-refractivity contribution >= 4 is 22.4 Å². The average molecular weight is 304 g/mol. The summed E-state index contributed by atoms with van der Waals surface area (Å²) in [4.78, 5) is 16.3. The molecule has 0 saturated carbocycles. The molecule has 0 spiro atoms. The second-order valence-corrected chi connectivity index (χ2v) is 5.59. The van der Waals surface area contributed by atoms with Gasteiger partial charge >= 0.3 is 0 Å². The summed E-state index contributed by atoms with van der Waals surface area (Å²) < 4.78 is 5.75. The van der Waals surface area contributed by atoms with Crippen LogP contribution in [0.2, 0.25) is 0 Å². The van der Waals surface area contributed by atoms with Gasteiger partial charge < -0.3 is 4.74 Å². The number of amides is 1. The molecule has 0 unspecified atom stereocenters. The molecule has 1 amide bonds. The molecular formula is C16H20N2O2S. The van der Waals surface area contributed by atoms with Crippen LogP contribution in [0.15, 0.2) is 35.8 Å². The molecule has 1 N–H and O–H groups in total. The smallest absolute Gasteiger partial charge is 0.261 e. The lowest BCUT2D eigenvalue weighted by Gasteiger charge is -2.10. The van der Waals surface area contributed by atoms with Crippen LogP contribution in [-0.4, -0.2) is 17.5 Å². The van der Waals surface area contributed by atoms with Crippen molar-refractivity contribution in [2.24, 2.45) is 0 Å². The van der Waals surface area contributed by atoms with E-state index in [1.54, 1.807) is 12.3 Å². The molecule has 1 aromatic carbocycles. The largest absolute Gasteiger partial charge is 0.493 e. The van der Waals surface area contributed by atoms with Crippen LogP contribution >= 0.6 is 11.3 Å². The fourth-order valence-electron chi connectivity index (χ4n) is 1.94. The van der Waals surface area contributed by atoms with Gasteiger partial charge in [0.2, 0.25) is 0 Å². The highest BCUT2D eigenvalue weighted by Gasteiger charge is 2.13. The van der Waals surface area contributed by atoms with Crippen molar-refractivity contribution in [2.45, 2.75) is 32.6 Å². The predicted octanol–water partition coefficient (Wildman–Crippen LogP) is 4.35. The van der Waals surface area contributed by atoms with E-state index < -0.39 is 0 Å². The van der Waals surface area contributed by atoms with Gasteiger partial charge in [0.05, 0.1) is 12.2 Å². The molecule has 2 aromatic rings. The summed E-state index contributed by atoms with van der Waals surface area (Å²) in [5, 5.41) is 5.20. The Bertz CT molecular complexity index is 555. The molecule has 112 valence electrons. The van der Waals surface area contributed by atoms with Crippen molar-refractivity contribution in [1.29, 1.82) is 0 Å². The Labute approximate surface area is 129 Å². The molecular weight excluding hydrogens is 284 g/mol. The Morgan fingerprint density at radius 2 is 2.14 bits per heavy atom. The third-order valence-electron chi connectivity index (χ3n) is 3.04. The van der Waals surface area contributed by atoms with Crippen LogP contribution in [-0.2, 0) is 0 Å². The maximum absolute atomic E-state index is 12.2. The number of anilines is 1. The molecule has 0 bridgehead atoms. The van der Waals surface area contributed by atoms with Gasteiger partial charge in [0.15, 0.2) is 5.13 Å². The molecule has 0 radical (unpaired) electrons. The number of carbonyl (C=O) groups is 1. The first-order chi connectivity index (χ1) is 10.3. The number of ether oxygens (including phenoxy) is 1. The standard InChI is InChI=1S/C16H20N2O2S/c1-2-3-4-7-11-20-14-9-6-5-8-13(14)15(19)18-16-17-10-12-21-16/h5-6,8-10,12H,2-4,7,11H2,1H3,(H,17,18,19). The number of hydrogen-bond donors (Lipinski definition) is 1. The lowest BCUT2D eigenvalue weighted by atomic mass is 10.2. The molecule has 0 aliphatic rings. The topological polar surface area (TPSA) is 51.2 Å². The van der Waals surface area contributed by atoms with E-state index in [1.807, 2.05) is 23.6 Å². The summed E-state index contributed by atoms with van der Waals surface area (Å²) in [6.07, 6.45) is 6.25. The molecule has 5 heteroatoms. The monoisotopic (exact) mass is 304 g/mol. The zero-order valence-corrected chi connectivity index (χ0v) is 13.0. The van der Waals surface area contributed by atoms with E-state index in [0.29, 0.717) is 23.1 Å². The fourth-order valence-corrected chi connectivity index (χ4v) is 2.46. The van der Waals surface area contributed by atoms with Crippen LogP contribution in [0.3, 0.4) is 0 Å². The predicted molar refractivity (Wildman–Crippen MR) is 86.1 cm³/mol. The van der Waals surface area contributed by atoms with Gasteiger partial charge in [0.25, 0.3) is 5.91 Å². The van der Waals surface area contributed by atoms with Crippen LogP contribution in [0.4, 0.5) is 5.13 Å². The fraction of sp³-hybridized carbons (Fsp3) is 0.375. The van der Waals surface area contributed by atoms with Crippen molar-refractivity contribution in [2.75, 3.05) is 11.9 Å². The Balaban J connectivity index is 1.94. The van der Waals surface area contributed by atoms with E-state index in [9.17, 15) is 4.79 Å². The number of aromatic nitrogens is 1. The average Bonchev–Trinajstić information content (AvgIpc) is 3.00. The van der Waals surface area contributed by atoms with E-state index in [1.165, 1.54) is 24.2 Å². The lowest BCUT2D eigenvalue weighted by Crippen LogP contribution is -2.13. The van der Waals surface area contributed by atoms with Crippen LogP contribution in [0.5, 0.6) is 5.75 Å². The molecule has 4 nitrogen and oxygen atoms in total. The van der Waals surface area contributed by atoms with Gasteiger partial charge in [0.1, 0.15) is 5.75 Å². The number of unbranched alkanes of at least 4 members (excludes halogenated alkanes) is 3. The van der Waals surface area contributed by atoms with E-state index in [2.05, 4.69) is 17.2 Å². The SMILES string of the molecule is CCCCCCOc1ccccc1C(=O)Nc1nccs1. The molecule has 0 fully saturated rings. The third kappa shape index (κ3) is 4.86. The van der Waals surface area contributed by atoms with E-state index in [4.69, 9.17) is 4.74 Å². The van der Waals surface area contributed by atoms with Crippen molar-refractivity contribution in [1.82, 2.24) is 4.98 Å². The summed E-state index contributed by atoms with van der Waals surface area (Å²) in [6.45, 7) is 2.82. The Morgan fingerprint density at radius 3 is 2.90 bits per heavy atom. The summed E-state index contributed by atoms with van der Waals surface area (Å²) >= 11 is 1.39. The Hall–Kier alpha value is -1.88. The van der Waals surface area contributed by atoms with Gasteiger partial charge in [0, 0.05) is 11.6 Å². The van der Waals surface area contributed by atoms with Gasteiger partial charge in [-0.25, -0.2) is 4.98 Å². The molecule has 1 heterocycles. The number of hydrogen-bond acceptors (Lipinski definition) is 4. The summed E-state index contributed by atoms with van der Waals surface area (Å²) in [5.41, 5.74) is 0.545. The van der Waals surface area contributed by atoms with Gasteiger partial charge in [-0.3, -0.25) is 10.1 Å². The second kappa shape index (κ2) is 8.42. The molecule has 2 rings (SSSR count). The first-order valence-electron chi connectivity index (χ1n) is 7.24. The number of carbonyl (C=O) groups excluding carboxylic acids is 1. The van der Waals surface area contributed by atoms with Gasteiger partial charge in [-0.15, -0.1) is 11.3 Å². The molecule has 0 aliphatic carbocycles. The second-order valence-electron chi connectivity index (χ2n) is 4.70. The first-order valence-corrected chi connectivity index (χ1v) is 8.12. The summed E-state index contributed by atoms with van der Waals surface area (Å²) in [7, 11) is 0. The zero-order valence-electron chi connectivity index (χ0n) is 12.2. The van der Waals surface area contributed by atoms with Crippen molar-refractivity contribution in [3.05, 3.63) is 41.4 Å². The zero-order chi connectivity index (χ0) is 14.9. The lowest BCUT2D eigenvalue weighted by molar-refractivity contribution is 0.102. The third-order valence-corrected chi connectivity index (χ3v) is 3.73. The quantitative estimate of drug-likeness (QED) is 0.737. The molecule has 0 aliphatic heterocycles. The highest BCUT2D eigenvalue weighted by molar-refractivity contribution is 7.13. The van der Waals surface area contributed by atoms with Crippen molar-refractivity contribution in [3.63, 3.8) is 0 Å². The van der Waals surface area contributed by atoms with E-state index >= 15 is 0 Å². The first kappa shape index (κ1) is 15.5. The number of para-hydroxylation sites is 1. The maximum Gasteiger partial charge on any atom is 0.261 e. The van der Waals surface area contributed by atoms with Crippen LogP contribution in [0, 0.1) is 0 Å². The van der Waals surface area contributed by atoms with Crippen LogP contribution in [0.1, 0.15) is 43.0 Å². The van der Waals surface area contributed by atoms with Gasteiger partial charge in [-0.1, -0.05) is 38.3 Å². The number of nitrogens with one attached hydrogen (secondary N) is 1. The molecule has 0 saturated heterocycles. The molecule has 0 atom stereocenters. The minimum absolute atomic E-state index is 0.186. The van der Waals surface area contributed by atoms with E-state index in [0.717, 1.165) is 12.8 Å². The number of rotatable bonds is 8. The van der Waals surface area contributed by atoms with Crippen molar-refractivity contribution in [3.8, 4) is 5.75 Å². The van der Waals surface area contributed by atoms with Gasteiger partial charge in [-0.2, -0.15) is 0 Å². The van der Waals surface area contributed by atoms with Gasteiger partial charge in [-0.05, 0) is 18.6 Å². The molecule has 21 heavy (non-hydrogen) atoms. The number of nitrogens with zero attached hydrogens (tertiary/aromatic N) is 1. The summed E-state index contributed by atoms with van der Waals surface area (Å²) in [6, 6.07) is 7.31. The normalized spacial score (nSPS) is 10.3. The Morgan fingerprint density at radius 1 is 1.29 bits per heavy atom. The summed E-state index contributed by atoms with van der Waals surface area (Å²) in [5.74, 6) is 0.442. The minimum Gasteiger partial charge on any atom is -0.493 e. The number of benzene rings is 1. The van der Waals surface area contributed by atoms with Crippen LogP contribution < -0.4 is 10.1 Å². The highest BCUT2D eigenvalue weighted by atomic mass is 32.1.